The van der Waals surface area contributed by atoms with Gasteiger partial charge in [0.05, 0.1) is 24.2 Å². The van der Waals surface area contributed by atoms with Gasteiger partial charge >= 0.3 is 0 Å². The lowest BCUT2D eigenvalue weighted by Crippen LogP contribution is -2.49. The Labute approximate surface area is 211 Å². The van der Waals surface area contributed by atoms with Gasteiger partial charge in [-0.2, -0.15) is 4.98 Å². The molecule has 0 saturated carbocycles. The number of sulfonamides is 1. The first-order valence-electron chi connectivity index (χ1n) is 11.8. The first-order valence-corrected chi connectivity index (χ1v) is 13.7. The first-order chi connectivity index (χ1) is 17.3. The molecule has 11 heteroatoms. The number of hydrogen-bond donors (Lipinski definition) is 2. The van der Waals surface area contributed by atoms with E-state index in [0.717, 1.165) is 36.4 Å². The highest BCUT2D eigenvalue weighted by Crippen LogP contribution is 2.24. The molecule has 0 radical (unpaired) electrons. The van der Waals surface area contributed by atoms with Crippen LogP contribution in [0.4, 0.5) is 23.0 Å². The van der Waals surface area contributed by atoms with Gasteiger partial charge in [0.1, 0.15) is 5.65 Å². The van der Waals surface area contributed by atoms with E-state index in [0.29, 0.717) is 29.9 Å². The number of piperazine rings is 1. The summed E-state index contributed by atoms with van der Waals surface area (Å²) >= 11 is 0. The Bertz CT molecular complexity index is 1470. The molecular formula is C25H30N8O2S. The first kappa shape index (κ1) is 24.0. The molecule has 1 aliphatic heterocycles. The summed E-state index contributed by atoms with van der Waals surface area (Å²) in [5, 5.41) is 7.65. The summed E-state index contributed by atoms with van der Waals surface area (Å²) in [6.07, 6.45) is 6.52. The van der Waals surface area contributed by atoms with Crippen LogP contribution in [-0.4, -0.2) is 66.9 Å². The summed E-state index contributed by atoms with van der Waals surface area (Å²) < 4.78 is 27.4. The lowest BCUT2D eigenvalue weighted by atomic mass is 10.2. The molecule has 1 aliphatic rings. The summed E-state index contributed by atoms with van der Waals surface area (Å²) in [7, 11) is -1.88. The van der Waals surface area contributed by atoms with Crippen LogP contribution in [0, 0.1) is 0 Å². The molecular weight excluding hydrogens is 476 g/mol. The highest BCUT2D eigenvalue weighted by Gasteiger charge is 2.18. The van der Waals surface area contributed by atoms with Crippen molar-refractivity contribution < 1.29 is 8.42 Å². The summed E-state index contributed by atoms with van der Waals surface area (Å²) in [4.78, 5) is 16.0. The molecule has 4 heterocycles. The Hall–Kier alpha value is -3.70. The number of pyridine rings is 1. The molecule has 3 aromatic heterocycles. The third-order valence-electron chi connectivity index (χ3n) is 6.38. The Morgan fingerprint density at radius 1 is 1.17 bits per heavy atom. The van der Waals surface area contributed by atoms with E-state index in [1.807, 2.05) is 29.0 Å². The van der Waals surface area contributed by atoms with Gasteiger partial charge in [0.2, 0.25) is 16.0 Å². The second-order valence-electron chi connectivity index (χ2n) is 9.09. The standard InChI is InChI=1S/C25H30N8O2S/c1-18-16-32(14-12-26-18)21-8-6-20(7-9-21)29-25-28-15-19-10-13-33(24(19)30-25)17-22-23(5-4-11-27-22)31(2)36(3,34)35/h4-11,13,15,18,26H,12,14,16-17H2,1-3H3,(H,28,29,30). The Kier molecular flexibility index (Phi) is 6.50. The number of aromatic nitrogens is 4. The maximum atomic E-state index is 12.1. The second-order valence-corrected chi connectivity index (χ2v) is 11.1. The average molecular weight is 507 g/mol. The molecule has 1 fully saturated rings. The van der Waals surface area contributed by atoms with E-state index in [-0.39, 0.29) is 0 Å². The minimum absolute atomic E-state index is 0.369. The minimum Gasteiger partial charge on any atom is -0.369 e. The zero-order chi connectivity index (χ0) is 25.3. The van der Waals surface area contributed by atoms with Gasteiger partial charge in [-0.25, -0.2) is 13.4 Å². The van der Waals surface area contributed by atoms with Crippen molar-refractivity contribution in [2.45, 2.75) is 19.5 Å². The summed E-state index contributed by atoms with van der Waals surface area (Å²) in [6, 6.07) is 14.2. The predicted octanol–water partition coefficient (Wildman–Crippen LogP) is 2.81. The second kappa shape index (κ2) is 9.75. The number of rotatable bonds is 7. The van der Waals surface area contributed by atoms with Crippen molar-refractivity contribution in [2.24, 2.45) is 0 Å². The SMILES string of the molecule is CC1CN(c2ccc(Nc3ncc4ccn(Cc5ncccc5N(C)S(C)(=O)=O)c4n3)cc2)CCN1. The summed E-state index contributed by atoms with van der Waals surface area (Å²) in [5.41, 5.74) is 4.00. The van der Waals surface area contributed by atoms with Crippen LogP contribution in [0.1, 0.15) is 12.6 Å². The maximum Gasteiger partial charge on any atom is 0.232 e. The monoisotopic (exact) mass is 506 g/mol. The van der Waals surface area contributed by atoms with Crippen molar-refractivity contribution in [2.75, 3.05) is 47.5 Å². The van der Waals surface area contributed by atoms with E-state index in [9.17, 15) is 8.42 Å². The van der Waals surface area contributed by atoms with Crippen molar-refractivity contribution in [1.82, 2.24) is 24.8 Å². The average Bonchev–Trinajstić information content (AvgIpc) is 3.26. The van der Waals surface area contributed by atoms with Crippen molar-refractivity contribution in [3.63, 3.8) is 0 Å². The van der Waals surface area contributed by atoms with Gasteiger partial charge in [-0.05, 0) is 49.4 Å². The normalized spacial score (nSPS) is 16.3. The van der Waals surface area contributed by atoms with E-state index in [1.165, 1.54) is 23.3 Å². The smallest absolute Gasteiger partial charge is 0.232 e. The van der Waals surface area contributed by atoms with Crippen LogP contribution >= 0.6 is 0 Å². The van der Waals surface area contributed by atoms with Crippen LogP contribution in [0.5, 0.6) is 0 Å². The van der Waals surface area contributed by atoms with E-state index in [1.54, 1.807) is 24.5 Å². The van der Waals surface area contributed by atoms with Gasteiger partial charge in [-0.3, -0.25) is 9.29 Å². The molecule has 0 aliphatic carbocycles. The van der Waals surface area contributed by atoms with Crippen LogP contribution in [0.2, 0.25) is 0 Å². The van der Waals surface area contributed by atoms with Crippen molar-refractivity contribution in [3.8, 4) is 0 Å². The summed E-state index contributed by atoms with van der Waals surface area (Å²) in [6.45, 7) is 5.53. The van der Waals surface area contributed by atoms with E-state index >= 15 is 0 Å². The lowest BCUT2D eigenvalue weighted by Gasteiger charge is -2.33. The molecule has 1 aromatic carbocycles. The molecule has 0 spiro atoms. The van der Waals surface area contributed by atoms with Crippen molar-refractivity contribution >= 4 is 44.1 Å². The molecule has 1 saturated heterocycles. The van der Waals surface area contributed by atoms with Gasteiger partial charge in [0, 0.05) is 68.1 Å². The minimum atomic E-state index is -3.41. The molecule has 0 bridgehead atoms. The predicted molar refractivity (Wildman–Crippen MR) is 144 cm³/mol. The number of hydrogen-bond acceptors (Lipinski definition) is 8. The van der Waals surface area contributed by atoms with Gasteiger partial charge in [-0.1, -0.05) is 0 Å². The topological polar surface area (TPSA) is 108 Å². The molecule has 10 nitrogen and oxygen atoms in total. The van der Waals surface area contributed by atoms with Crippen LogP contribution in [0.15, 0.2) is 61.1 Å². The van der Waals surface area contributed by atoms with E-state index < -0.39 is 10.0 Å². The zero-order valence-corrected chi connectivity index (χ0v) is 21.4. The third-order valence-corrected chi connectivity index (χ3v) is 7.57. The lowest BCUT2D eigenvalue weighted by molar-refractivity contribution is 0.485. The van der Waals surface area contributed by atoms with Gasteiger partial charge in [-0.15, -0.1) is 0 Å². The molecule has 1 unspecified atom stereocenters. The van der Waals surface area contributed by atoms with Gasteiger partial charge in [0.15, 0.2) is 0 Å². The maximum absolute atomic E-state index is 12.1. The molecule has 1 atom stereocenters. The fourth-order valence-corrected chi connectivity index (χ4v) is 4.91. The summed E-state index contributed by atoms with van der Waals surface area (Å²) in [5.74, 6) is 0.487. The van der Waals surface area contributed by atoms with E-state index in [2.05, 4.69) is 44.6 Å². The molecule has 36 heavy (non-hydrogen) atoms. The third kappa shape index (κ3) is 5.12. The molecule has 4 aromatic rings. The van der Waals surface area contributed by atoms with E-state index in [4.69, 9.17) is 4.98 Å². The highest BCUT2D eigenvalue weighted by molar-refractivity contribution is 7.92. The van der Waals surface area contributed by atoms with Crippen LogP contribution in [0.25, 0.3) is 11.0 Å². The number of benzene rings is 1. The molecule has 188 valence electrons. The van der Waals surface area contributed by atoms with Crippen molar-refractivity contribution in [3.05, 3.63) is 66.7 Å². The fourth-order valence-electron chi connectivity index (χ4n) is 4.39. The van der Waals surface area contributed by atoms with Crippen LogP contribution in [0.3, 0.4) is 0 Å². The quantitative estimate of drug-likeness (QED) is 0.394. The van der Waals surface area contributed by atoms with Gasteiger partial charge < -0.3 is 20.1 Å². The molecule has 5 rings (SSSR count). The molecule has 2 N–H and O–H groups in total. The highest BCUT2D eigenvalue weighted by atomic mass is 32.2. The van der Waals surface area contributed by atoms with Crippen molar-refractivity contribution in [1.29, 1.82) is 0 Å². The number of nitrogens with one attached hydrogen (secondary N) is 2. The number of nitrogens with zero attached hydrogens (tertiary/aromatic N) is 6. The zero-order valence-electron chi connectivity index (χ0n) is 20.6. The Morgan fingerprint density at radius 3 is 2.72 bits per heavy atom. The van der Waals surface area contributed by atoms with Crippen LogP contribution < -0.4 is 19.8 Å². The Balaban J connectivity index is 1.36. The largest absolute Gasteiger partial charge is 0.369 e. The van der Waals surface area contributed by atoms with Crippen LogP contribution in [-0.2, 0) is 16.6 Å². The fraction of sp³-hybridized carbons (Fsp3) is 0.320. The number of fused-ring (bicyclic) bond motifs is 1. The van der Waals surface area contributed by atoms with Gasteiger partial charge in [0.25, 0.3) is 0 Å². The number of anilines is 4. The Morgan fingerprint density at radius 2 is 1.97 bits per heavy atom. The molecule has 0 amide bonds.